The molecule has 0 spiro atoms. The van der Waals surface area contributed by atoms with Gasteiger partial charge in [0.1, 0.15) is 10.7 Å². The lowest BCUT2D eigenvalue weighted by Gasteiger charge is -2.35. The maximum absolute atomic E-state index is 14.5. The molecule has 5 nitrogen and oxygen atoms in total. The average molecular weight is 331 g/mol. The molecule has 0 aromatic heterocycles. The van der Waals surface area contributed by atoms with Gasteiger partial charge in [0.2, 0.25) is 0 Å². The van der Waals surface area contributed by atoms with E-state index in [0.29, 0.717) is 18.4 Å². The number of sulfone groups is 1. The summed E-state index contributed by atoms with van der Waals surface area (Å²) in [4.78, 5) is -0.491. The summed E-state index contributed by atoms with van der Waals surface area (Å²) in [6, 6.07) is 1.18. The largest absolute Gasteiger partial charge is 0.492 e. The molecule has 0 radical (unpaired) electrons. The predicted octanol–water partition coefficient (Wildman–Crippen LogP) is 2.36. The molecule has 1 aromatic carbocycles. The lowest BCUT2D eigenvalue weighted by molar-refractivity contribution is 0.277. The van der Waals surface area contributed by atoms with E-state index in [9.17, 15) is 12.8 Å². The number of halogens is 1. The molecule has 2 N–H and O–H groups in total. The first-order valence-electron chi connectivity index (χ1n) is 7.18. The maximum atomic E-state index is 14.5. The van der Waals surface area contributed by atoms with Crippen LogP contribution in [-0.4, -0.2) is 28.9 Å². The minimum Gasteiger partial charge on any atom is -0.492 e. The van der Waals surface area contributed by atoms with Crippen molar-refractivity contribution in [2.75, 3.05) is 20.5 Å². The number of nitrogens with two attached hydrogens (primary N) is 1. The Balaban J connectivity index is 2.74. The standard InChI is InChI=1S/C15H22FNO4S/c1-20-12-10(15(17)7-5-4-6-8-15)9-11(16)14(13(12)21-2)22(3,18)19/h9H,4-8,17H2,1-3H3. The summed E-state index contributed by atoms with van der Waals surface area (Å²) in [6.07, 6.45) is 5.30. The quantitative estimate of drug-likeness (QED) is 0.916. The van der Waals surface area contributed by atoms with Crippen LogP contribution in [0.4, 0.5) is 4.39 Å². The number of rotatable bonds is 4. The zero-order valence-electron chi connectivity index (χ0n) is 13.1. The molecule has 0 bridgehead atoms. The van der Waals surface area contributed by atoms with Crippen LogP contribution in [0.25, 0.3) is 0 Å². The number of hydrogen-bond donors (Lipinski definition) is 1. The van der Waals surface area contributed by atoms with Crippen LogP contribution < -0.4 is 15.2 Å². The summed E-state index contributed by atoms with van der Waals surface area (Å²) in [6.45, 7) is 0. The first-order chi connectivity index (χ1) is 10.2. The third-order valence-corrected chi connectivity index (χ3v) is 5.33. The van der Waals surface area contributed by atoms with Crippen molar-refractivity contribution in [2.45, 2.75) is 42.5 Å². The van der Waals surface area contributed by atoms with Gasteiger partial charge in [0.15, 0.2) is 21.3 Å². The molecule has 1 saturated carbocycles. The average Bonchev–Trinajstić information content (AvgIpc) is 2.45. The van der Waals surface area contributed by atoms with Crippen molar-refractivity contribution >= 4 is 9.84 Å². The Hall–Kier alpha value is -1.34. The lowest BCUT2D eigenvalue weighted by Crippen LogP contribution is -2.39. The van der Waals surface area contributed by atoms with Crippen molar-refractivity contribution in [1.82, 2.24) is 0 Å². The summed E-state index contributed by atoms with van der Waals surface area (Å²) < 4.78 is 48.7. The monoisotopic (exact) mass is 331 g/mol. The topological polar surface area (TPSA) is 78.6 Å². The van der Waals surface area contributed by atoms with Gasteiger partial charge in [-0.3, -0.25) is 0 Å². The van der Waals surface area contributed by atoms with Crippen molar-refractivity contribution in [3.8, 4) is 11.5 Å². The van der Waals surface area contributed by atoms with Gasteiger partial charge in [-0.05, 0) is 18.9 Å². The molecule has 1 aliphatic carbocycles. The van der Waals surface area contributed by atoms with Crippen LogP contribution in [-0.2, 0) is 15.4 Å². The third kappa shape index (κ3) is 2.92. The summed E-state index contributed by atoms with van der Waals surface area (Å²) in [5, 5.41) is 0. The number of methoxy groups -OCH3 is 2. The van der Waals surface area contributed by atoms with Crippen LogP contribution in [0, 0.1) is 5.82 Å². The second-order valence-electron chi connectivity index (χ2n) is 5.79. The molecule has 2 rings (SSSR count). The van der Waals surface area contributed by atoms with Gasteiger partial charge in [0.05, 0.1) is 14.2 Å². The molecule has 7 heteroatoms. The Bertz CT molecular complexity index is 667. The van der Waals surface area contributed by atoms with Gasteiger partial charge in [-0.25, -0.2) is 12.8 Å². The molecule has 0 heterocycles. The molecule has 0 atom stereocenters. The summed E-state index contributed by atoms with van der Waals surface area (Å²) in [5.41, 5.74) is 6.20. The zero-order valence-corrected chi connectivity index (χ0v) is 13.9. The molecule has 1 aliphatic rings. The van der Waals surface area contributed by atoms with Gasteiger partial charge < -0.3 is 15.2 Å². The van der Waals surface area contributed by atoms with Crippen molar-refractivity contribution in [3.05, 3.63) is 17.4 Å². The van der Waals surface area contributed by atoms with Gasteiger partial charge in [-0.15, -0.1) is 0 Å². The molecule has 0 unspecified atom stereocenters. The van der Waals surface area contributed by atoms with Crippen LogP contribution in [0.3, 0.4) is 0 Å². The predicted molar refractivity (Wildman–Crippen MR) is 81.6 cm³/mol. The molecule has 22 heavy (non-hydrogen) atoms. The summed E-state index contributed by atoms with van der Waals surface area (Å²) >= 11 is 0. The van der Waals surface area contributed by atoms with Crippen molar-refractivity contribution in [2.24, 2.45) is 5.73 Å². The Labute approximate surface area is 130 Å². The van der Waals surface area contributed by atoms with E-state index >= 15 is 0 Å². The SMILES string of the molecule is COc1c(C2(N)CCCCC2)cc(F)c(S(C)(=O)=O)c1OC. The molecular formula is C15H22FNO4S. The van der Waals surface area contributed by atoms with Gasteiger partial charge in [-0.1, -0.05) is 19.3 Å². The van der Waals surface area contributed by atoms with Gasteiger partial charge in [0.25, 0.3) is 0 Å². The molecule has 0 saturated heterocycles. The van der Waals surface area contributed by atoms with Crippen LogP contribution in [0.5, 0.6) is 11.5 Å². The first-order valence-corrected chi connectivity index (χ1v) is 9.07. The van der Waals surface area contributed by atoms with Crippen molar-refractivity contribution in [1.29, 1.82) is 0 Å². The Morgan fingerprint density at radius 2 is 1.68 bits per heavy atom. The fraction of sp³-hybridized carbons (Fsp3) is 0.600. The highest BCUT2D eigenvalue weighted by Crippen LogP contribution is 2.46. The smallest absolute Gasteiger partial charge is 0.182 e. The number of benzene rings is 1. The van der Waals surface area contributed by atoms with Gasteiger partial charge in [-0.2, -0.15) is 0 Å². The van der Waals surface area contributed by atoms with E-state index in [0.717, 1.165) is 25.5 Å². The summed E-state index contributed by atoms with van der Waals surface area (Å²) in [5.74, 6) is -0.769. The zero-order chi connectivity index (χ0) is 16.5. The highest BCUT2D eigenvalue weighted by atomic mass is 32.2. The first kappa shape index (κ1) is 17.0. The number of hydrogen-bond acceptors (Lipinski definition) is 5. The minimum absolute atomic E-state index is 0.115. The third-order valence-electron chi connectivity index (χ3n) is 4.21. The van der Waals surface area contributed by atoms with E-state index in [1.807, 2.05) is 0 Å². The van der Waals surface area contributed by atoms with Crippen LogP contribution in [0.15, 0.2) is 11.0 Å². The van der Waals surface area contributed by atoms with Crippen molar-refractivity contribution < 1.29 is 22.3 Å². The van der Waals surface area contributed by atoms with Crippen LogP contribution in [0.2, 0.25) is 0 Å². The second-order valence-corrected chi connectivity index (χ2v) is 7.74. The van der Waals surface area contributed by atoms with E-state index < -0.39 is 26.1 Å². The minimum atomic E-state index is -3.80. The Morgan fingerprint density at radius 1 is 1.14 bits per heavy atom. The fourth-order valence-corrected chi connectivity index (χ4v) is 4.07. The van der Waals surface area contributed by atoms with Gasteiger partial charge >= 0.3 is 0 Å². The van der Waals surface area contributed by atoms with Crippen LogP contribution >= 0.6 is 0 Å². The van der Waals surface area contributed by atoms with E-state index in [4.69, 9.17) is 15.2 Å². The van der Waals surface area contributed by atoms with Crippen molar-refractivity contribution in [3.63, 3.8) is 0 Å². The molecule has 0 amide bonds. The molecular weight excluding hydrogens is 309 g/mol. The number of ether oxygens (including phenoxy) is 2. The Morgan fingerprint density at radius 3 is 2.14 bits per heavy atom. The maximum Gasteiger partial charge on any atom is 0.182 e. The van der Waals surface area contributed by atoms with E-state index in [2.05, 4.69) is 0 Å². The summed E-state index contributed by atoms with van der Waals surface area (Å²) in [7, 11) is -1.11. The van der Waals surface area contributed by atoms with E-state index in [1.165, 1.54) is 20.3 Å². The molecule has 1 aromatic rings. The highest BCUT2D eigenvalue weighted by molar-refractivity contribution is 7.90. The van der Waals surface area contributed by atoms with Gasteiger partial charge in [0, 0.05) is 17.4 Å². The lowest BCUT2D eigenvalue weighted by atomic mass is 9.77. The molecule has 124 valence electrons. The fourth-order valence-electron chi connectivity index (χ4n) is 3.15. The molecule has 1 fully saturated rings. The second kappa shape index (κ2) is 6.04. The van der Waals surface area contributed by atoms with E-state index in [-0.39, 0.29) is 11.5 Å². The normalized spacial score (nSPS) is 18.0. The Kier molecular flexibility index (Phi) is 4.67. The van der Waals surface area contributed by atoms with Crippen LogP contribution in [0.1, 0.15) is 37.7 Å². The highest BCUT2D eigenvalue weighted by Gasteiger charge is 2.37. The van der Waals surface area contributed by atoms with E-state index in [1.54, 1.807) is 0 Å². The molecule has 0 aliphatic heterocycles.